The maximum Gasteiger partial charge on any atom is 0.502 e. The van der Waals surface area contributed by atoms with Gasteiger partial charge in [0, 0.05) is 49.8 Å². The van der Waals surface area contributed by atoms with Crippen molar-refractivity contribution in [2.75, 3.05) is 72.6 Å². The van der Waals surface area contributed by atoms with Gasteiger partial charge in [-0.3, -0.25) is 42.9 Å². The summed E-state index contributed by atoms with van der Waals surface area (Å²) in [6, 6.07) is 0. The van der Waals surface area contributed by atoms with Crippen LogP contribution in [-0.2, 0) is 101 Å². The van der Waals surface area contributed by atoms with Gasteiger partial charge in [-0.1, -0.05) is 0 Å². The Morgan fingerprint density at radius 2 is 1.16 bits per heavy atom. The number of hydrogen-bond donors (Lipinski definition) is 10. The summed E-state index contributed by atoms with van der Waals surface area (Å²) in [5.41, 5.74) is -0.295. The van der Waals surface area contributed by atoms with Crippen LogP contribution in [0, 0.1) is 6.92 Å². The monoisotopic (exact) mass is 1140 g/mol. The van der Waals surface area contributed by atoms with Gasteiger partial charge in [0.05, 0.1) is 72.0 Å². The van der Waals surface area contributed by atoms with Crippen LogP contribution in [0.2, 0.25) is 0 Å². The Labute approximate surface area is 392 Å². The van der Waals surface area contributed by atoms with Gasteiger partial charge in [0.1, 0.15) is 12.3 Å². The smallest absolute Gasteiger partial charge is 0.390 e. The van der Waals surface area contributed by atoms with Crippen molar-refractivity contribution in [1.29, 1.82) is 0 Å². The maximum atomic E-state index is 12.3. The molecule has 2 aliphatic rings. The second-order valence-electron chi connectivity index (χ2n) is 13.5. The molecule has 400 valence electrons. The predicted octanol–water partition coefficient (Wildman–Crippen LogP) is -1.87. The summed E-state index contributed by atoms with van der Waals surface area (Å²) in [7, 11) is -37.8. The number of aromatic nitrogens is 2. The second kappa shape index (κ2) is 27.4. The van der Waals surface area contributed by atoms with Crippen LogP contribution < -0.4 is 22.0 Å². The molecule has 0 aliphatic carbocycles. The molecule has 1 aromatic rings. The van der Waals surface area contributed by atoms with Gasteiger partial charge >= 0.3 is 52.6 Å². The lowest BCUT2D eigenvalue weighted by Crippen LogP contribution is -2.35. The molecule has 0 aromatic carbocycles. The van der Waals surface area contributed by atoms with Crippen LogP contribution in [0.4, 0.5) is 0 Å². The average molecular weight is 1140 g/mol. The fourth-order valence-electron chi connectivity index (χ4n) is 5.06. The van der Waals surface area contributed by atoms with Crippen molar-refractivity contribution < 1.29 is 135 Å². The highest BCUT2D eigenvalue weighted by Crippen LogP contribution is 2.75. The molecule has 3 rings (SSSR count). The van der Waals surface area contributed by atoms with Crippen molar-refractivity contribution in [3.8, 4) is 0 Å². The van der Waals surface area contributed by atoms with Crippen LogP contribution in [0.5, 0.6) is 0 Å². The number of nitrogens with zero attached hydrogens (tertiary/aromatic N) is 2. The van der Waals surface area contributed by atoms with Crippen LogP contribution in [0.15, 0.2) is 27.9 Å². The third-order valence-corrected chi connectivity index (χ3v) is 17.0. The first kappa shape index (κ1) is 61.4. The van der Waals surface area contributed by atoms with E-state index in [1.165, 1.54) is 12.4 Å². The number of phosphoric ester groups is 1. The normalized spacial score (nSPS) is 22.3. The van der Waals surface area contributed by atoms with Crippen molar-refractivity contribution in [3.63, 3.8) is 0 Å². The molecular weight excluding hydrogens is 1090 g/mol. The van der Waals surface area contributed by atoms with E-state index in [0.717, 1.165) is 27.8 Å². The first-order chi connectivity index (χ1) is 32.4. The molecular formula is C28H47N5O31P6. The quantitative estimate of drug-likeness (QED) is 0.0156. The minimum Gasteiger partial charge on any atom is -0.390 e. The highest BCUT2D eigenvalue weighted by molar-refractivity contribution is 7.72. The SMILES string of the molecule is Cc1cn([C@H]2CC(O)[C@@H](COP(=O)(O)OP(=O)(O)OP(=O)(O)OP(=O)(O)OP(=O)(O)OP(=O)(O)ONC(=O)CCOCCOCCOCCOCCNC(=O)CCN3C(=O)C=CC3=O)O2)c(=O)[nH]c1=O. The Hall–Kier alpha value is -2.88. The third kappa shape index (κ3) is 23.3. The molecule has 2 aliphatic heterocycles. The Morgan fingerprint density at radius 1 is 0.686 bits per heavy atom. The van der Waals surface area contributed by atoms with Crippen molar-refractivity contribution >= 4 is 70.6 Å². The molecule has 10 N–H and O–H groups in total. The van der Waals surface area contributed by atoms with E-state index in [1.807, 2.05) is 4.98 Å². The van der Waals surface area contributed by atoms with Gasteiger partial charge in [0.15, 0.2) is 0 Å². The molecule has 70 heavy (non-hydrogen) atoms. The number of aryl methyl sites for hydroxylation is 1. The molecule has 7 unspecified atom stereocenters. The topological polar surface area (TPSA) is 505 Å². The van der Waals surface area contributed by atoms with Crippen LogP contribution in [0.1, 0.15) is 31.1 Å². The van der Waals surface area contributed by atoms with Crippen LogP contribution in [-0.4, -0.2) is 157 Å². The zero-order valence-electron chi connectivity index (χ0n) is 35.9. The molecule has 0 saturated carbocycles. The molecule has 1 aromatic heterocycles. The van der Waals surface area contributed by atoms with E-state index >= 15 is 0 Å². The molecule has 0 radical (unpaired) electrons. The van der Waals surface area contributed by atoms with E-state index in [1.54, 1.807) is 0 Å². The molecule has 1 saturated heterocycles. The van der Waals surface area contributed by atoms with E-state index in [2.05, 4.69) is 36.0 Å². The van der Waals surface area contributed by atoms with Crippen molar-refractivity contribution in [1.82, 2.24) is 25.2 Å². The lowest BCUT2D eigenvalue weighted by molar-refractivity contribution is -0.137. The van der Waals surface area contributed by atoms with E-state index in [9.17, 15) is 90.6 Å². The van der Waals surface area contributed by atoms with Crippen LogP contribution in [0.25, 0.3) is 0 Å². The van der Waals surface area contributed by atoms with Gasteiger partial charge in [-0.05, 0) is 6.92 Å². The molecule has 4 amide bonds. The second-order valence-corrected chi connectivity index (χ2v) is 22.8. The van der Waals surface area contributed by atoms with E-state index in [4.69, 9.17) is 23.7 Å². The minimum absolute atomic E-state index is 0.0294. The molecule has 9 atom stereocenters. The zero-order valence-corrected chi connectivity index (χ0v) is 41.2. The lowest BCUT2D eigenvalue weighted by Gasteiger charge is -2.21. The van der Waals surface area contributed by atoms with Crippen molar-refractivity contribution in [2.45, 2.75) is 44.6 Å². The number of imide groups is 1. The molecule has 1 fully saturated rings. The maximum absolute atomic E-state index is 12.3. The molecule has 36 nitrogen and oxygen atoms in total. The Kier molecular flexibility index (Phi) is 24.1. The van der Waals surface area contributed by atoms with Crippen LogP contribution >= 0.6 is 46.9 Å². The summed E-state index contributed by atoms with van der Waals surface area (Å²) in [6.45, 7) is 0.849. The van der Waals surface area contributed by atoms with E-state index in [0.29, 0.717) is 0 Å². The Bertz CT molecular complexity index is 2430. The summed E-state index contributed by atoms with van der Waals surface area (Å²) >= 11 is 0. The molecule has 42 heteroatoms. The number of nitrogens with one attached hydrogen (secondary N) is 3. The number of rotatable bonds is 34. The lowest BCUT2D eigenvalue weighted by atomic mass is 10.2. The van der Waals surface area contributed by atoms with E-state index < -0.39 is 107 Å². The van der Waals surface area contributed by atoms with Gasteiger partial charge in [-0.15, -0.1) is 0 Å². The number of amides is 4. The van der Waals surface area contributed by atoms with Crippen LogP contribution in [0.3, 0.4) is 0 Å². The number of hydrogen-bond acceptors (Lipinski definition) is 25. The average Bonchev–Trinajstić information content (AvgIpc) is 3.74. The number of aliphatic hydroxyl groups is 1. The predicted molar refractivity (Wildman–Crippen MR) is 222 cm³/mol. The molecule has 3 heterocycles. The number of H-pyrrole nitrogens is 1. The highest BCUT2D eigenvalue weighted by Gasteiger charge is 2.50. The molecule has 0 bridgehead atoms. The highest BCUT2D eigenvalue weighted by atomic mass is 31.3. The number of ether oxygens (including phenoxy) is 5. The summed E-state index contributed by atoms with van der Waals surface area (Å²) in [6.07, 6.45) is -1.99. The van der Waals surface area contributed by atoms with Gasteiger partial charge in [-0.25, -0.2) is 37.7 Å². The Balaban J connectivity index is 1.25. The summed E-state index contributed by atoms with van der Waals surface area (Å²) in [5.74, 6) is -2.53. The largest absolute Gasteiger partial charge is 0.502 e. The summed E-state index contributed by atoms with van der Waals surface area (Å²) in [5, 5.41) is 12.8. The van der Waals surface area contributed by atoms with Gasteiger partial charge in [0.25, 0.3) is 17.4 Å². The fourth-order valence-corrected chi connectivity index (χ4v) is 12.7. The first-order valence-electron chi connectivity index (χ1n) is 19.3. The third-order valence-electron chi connectivity index (χ3n) is 7.99. The van der Waals surface area contributed by atoms with Gasteiger partial charge in [-0.2, -0.15) is 26.2 Å². The number of aliphatic hydroxyl groups excluding tert-OH is 1. The summed E-state index contributed by atoms with van der Waals surface area (Å²) in [4.78, 5) is 131. The molecule has 0 spiro atoms. The number of carbonyl (C=O) groups is 4. The summed E-state index contributed by atoms with van der Waals surface area (Å²) < 4.78 is 127. The zero-order chi connectivity index (χ0) is 52.6. The first-order valence-corrected chi connectivity index (χ1v) is 28.3. The number of carbonyl (C=O) groups excluding carboxylic acids is 4. The van der Waals surface area contributed by atoms with Crippen molar-refractivity contribution in [2.24, 2.45) is 0 Å². The Morgan fingerprint density at radius 3 is 1.69 bits per heavy atom. The van der Waals surface area contributed by atoms with Crippen molar-refractivity contribution in [3.05, 3.63) is 44.8 Å². The minimum atomic E-state index is -6.57. The number of aromatic amines is 1. The standard InChI is InChI=1S/C28H47N5O31P6/c1-19-17-33(28(40)30-27(19)39)26-16-20(34)21(58-26)18-57-65(41,42)60-67(45,46)62-69(49,50)64-70(51,52)63-68(47,48)61-66(43,44)59-31-23(36)5-8-53-10-12-55-14-15-56-13-11-54-9-6-29-22(35)4-7-32-24(37)2-3-25(32)38/h2-3,17,20-21,26,34H,4-16,18H2,1H3,(H,29,35)(H,31,36)(H,41,42)(H,43,44)(H,45,46)(H,47,48)(H,49,50)(H,51,52)(H,30,39,40)/t20?,21-,26-/m1/s1. The fraction of sp³-hybridized carbons (Fsp3) is 0.643. The number of hydroxylamine groups is 1. The van der Waals surface area contributed by atoms with Gasteiger partial charge in [0.2, 0.25) is 11.8 Å². The van der Waals surface area contributed by atoms with Gasteiger partial charge < -0.3 is 63.5 Å². The van der Waals surface area contributed by atoms with E-state index in [-0.39, 0.29) is 90.3 Å². The number of phosphoric acid groups is 6.